The van der Waals surface area contributed by atoms with Crippen LogP contribution in [-0.4, -0.2) is 22.9 Å². The molecule has 0 radical (unpaired) electrons. The molecule has 0 atom stereocenters. The summed E-state index contributed by atoms with van der Waals surface area (Å²) in [5.74, 6) is -1.12. The molecule has 1 aromatic carbocycles. The van der Waals surface area contributed by atoms with E-state index in [9.17, 15) is 22.8 Å². The zero-order valence-corrected chi connectivity index (χ0v) is 10.7. The van der Waals surface area contributed by atoms with Crippen LogP contribution >= 0.6 is 0 Å². The Morgan fingerprint density at radius 1 is 1.10 bits per heavy atom. The Labute approximate surface area is 118 Å². The summed E-state index contributed by atoms with van der Waals surface area (Å²) in [7, 11) is 0. The van der Waals surface area contributed by atoms with E-state index >= 15 is 0 Å². The van der Waals surface area contributed by atoms with Crippen LogP contribution in [0, 0.1) is 0 Å². The van der Waals surface area contributed by atoms with Crippen LogP contribution in [0.2, 0.25) is 0 Å². The van der Waals surface area contributed by atoms with Crippen molar-refractivity contribution >= 4 is 11.8 Å². The number of alkyl halides is 3. The fourth-order valence-electron chi connectivity index (χ4n) is 1.69. The number of halogens is 3. The summed E-state index contributed by atoms with van der Waals surface area (Å²) in [6, 6.07) is 7.31. The van der Waals surface area contributed by atoms with E-state index in [1.54, 1.807) is 12.1 Å². The minimum Gasteiger partial charge on any atom is -0.343 e. The van der Waals surface area contributed by atoms with Crippen LogP contribution in [0.25, 0.3) is 0 Å². The second kappa shape index (κ2) is 5.82. The van der Waals surface area contributed by atoms with Gasteiger partial charge < -0.3 is 5.32 Å². The lowest BCUT2D eigenvalue weighted by atomic mass is 10.1. The van der Waals surface area contributed by atoms with Crippen molar-refractivity contribution in [3.63, 3.8) is 0 Å². The van der Waals surface area contributed by atoms with Crippen molar-refractivity contribution in [2.24, 2.45) is 0 Å². The molecule has 0 aliphatic carbocycles. The van der Waals surface area contributed by atoms with Gasteiger partial charge in [0, 0.05) is 18.0 Å². The van der Waals surface area contributed by atoms with Gasteiger partial charge in [-0.3, -0.25) is 14.2 Å². The van der Waals surface area contributed by atoms with Gasteiger partial charge in [-0.1, -0.05) is 6.07 Å². The third kappa shape index (κ3) is 3.71. The molecule has 0 fully saturated rings. The van der Waals surface area contributed by atoms with Gasteiger partial charge in [0.25, 0.3) is 5.91 Å². The van der Waals surface area contributed by atoms with Crippen molar-refractivity contribution in [2.75, 3.05) is 6.54 Å². The van der Waals surface area contributed by atoms with Crippen LogP contribution < -0.4 is 5.32 Å². The molecule has 0 bridgehead atoms. The number of hydrogen-bond donors (Lipinski definition) is 1. The summed E-state index contributed by atoms with van der Waals surface area (Å²) in [4.78, 5) is 23.4. The number of nitrogens with zero attached hydrogens (tertiary/aromatic N) is 1. The largest absolute Gasteiger partial charge is 0.416 e. The van der Waals surface area contributed by atoms with Gasteiger partial charge in [-0.25, -0.2) is 0 Å². The molecule has 1 amide bonds. The Bertz CT molecular complexity index is 648. The second-order valence-corrected chi connectivity index (χ2v) is 4.25. The maximum absolute atomic E-state index is 12.5. The van der Waals surface area contributed by atoms with Crippen molar-refractivity contribution < 1.29 is 22.8 Å². The lowest BCUT2D eigenvalue weighted by Gasteiger charge is -2.09. The van der Waals surface area contributed by atoms with Crippen LogP contribution in [0.15, 0.2) is 48.8 Å². The monoisotopic (exact) mass is 296 g/mol. The molecule has 4 nitrogen and oxygen atoms in total. The topological polar surface area (TPSA) is 51.1 Å². The van der Waals surface area contributed by atoms with E-state index in [4.69, 9.17) is 0 Å². The molecule has 0 spiro atoms. The number of carbonyl (C=O) groups is 2. The average Bonchev–Trinajstić information content (AvgIpc) is 2.98. The highest BCUT2D eigenvalue weighted by atomic mass is 19.4. The lowest BCUT2D eigenvalue weighted by molar-refractivity contribution is -0.137. The van der Waals surface area contributed by atoms with Gasteiger partial charge in [-0.15, -0.1) is 0 Å². The van der Waals surface area contributed by atoms with Gasteiger partial charge in [-0.05, 0) is 30.3 Å². The van der Waals surface area contributed by atoms with Crippen molar-refractivity contribution in [2.45, 2.75) is 6.18 Å². The molecule has 0 saturated heterocycles. The van der Waals surface area contributed by atoms with Crippen molar-refractivity contribution in [3.8, 4) is 0 Å². The number of amides is 1. The highest BCUT2D eigenvalue weighted by molar-refractivity contribution is 5.96. The Morgan fingerprint density at radius 3 is 2.38 bits per heavy atom. The summed E-state index contributed by atoms with van der Waals surface area (Å²) in [6.45, 7) is -0.302. The molecule has 0 aliphatic rings. The SMILES string of the molecule is O=C(NCC(=O)n1cccc1)c1cccc(C(F)(F)F)c1. The normalized spacial score (nSPS) is 11.2. The van der Waals surface area contributed by atoms with Crippen molar-refractivity contribution in [1.29, 1.82) is 0 Å². The molecule has 110 valence electrons. The predicted molar refractivity (Wildman–Crippen MR) is 68.8 cm³/mol. The number of aromatic nitrogens is 1. The van der Waals surface area contributed by atoms with Crippen LogP contribution in [0.4, 0.5) is 13.2 Å². The van der Waals surface area contributed by atoms with E-state index in [0.717, 1.165) is 18.2 Å². The van der Waals surface area contributed by atoms with Crippen LogP contribution in [0.1, 0.15) is 20.7 Å². The smallest absolute Gasteiger partial charge is 0.343 e. The van der Waals surface area contributed by atoms with E-state index < -0.39 is 17.6 Å². The standard InChI is InChI=1S/C14H11F3N2O2/c15-14(16,17)11-5-3-4-10(8-11)13(21)18-9-12(20)19-6-1-2-7-19/h1-8H,9H2,(H,18,21). The first-order chi connectivity index (χ1) is 9.88. The summed E-state index contributed by atoms with van der Waals surface area (Å²) in [6.07, 6.45) is -1.49. The fraction of sp³-hybridized carbons (Fsp3) is 0.143. The van der Waals surface area contributed by atoms with Crippen LogP contribution in [-0.2, 0) is 6.18 Å². The Kier molecular flexibility index (Phi) is 4.11. The van der Waals surface area contributed by atoms with E-state index in [-0.39, 0.29) is 18.0 Å². The molecule has 2 aromatic rings. The van der Waals surface area contributed by atoms with Gasteiger partial charge >= 0.3 is 6.18 Å². The summed E-state index contributed by atoms with van der Waals surface area (Å²) in [5, 5.41) is 2.29. The molecule has 21 heavy (non-hydrogen) atoms. The summed E-state index contributed by atoms with van der Waals surface area (Å²) < 4.78 is 38.9. The van der Waals surface area contributed by atoms with Crippen molar-refractivity contribution in [3.05, 3.63) is 59.9 Å². The van der Waals surface area contributed by atoms with Gasteiger partial charge in [0.15, 0.2) is 0 Å². The Hall–Kier alpha value is -2.57. The zero-order valence-electron chi connectivity index (χ0n) is 10.7. The van der Waals surface area contributed by atoms with Gasteiger partial charge in [0.1, 0.15) is 0 Å². The Morgan fingerprint density at radius 2 is 1.76 bits per heavy atom. The maximum atomic E-state index is 12.5. The van der Waals surface area contributed by atoms with E-state index in [0.29, 0.717) is 0 Å². The molecule has 1 heterocycles. The minimum atomic E-state index is -4.52. The van der Waals surface area contributed by atoms with Crippen LogP contribution in [0.3, 0.4) is 0 Å². The zero-order chi connectivity index (χ0) is 15.5. The molecular formula is C14H11F3N2O2. The first-order valence-corrected chi connectivity index (χ1v) is 5.99. The number of carbonyl (C=O) groups excluding carboxylic acids is 2. The first-order valence-electron chi connectivity index (χ1n) is 5.99. The van der Waals surface area contributed by atoms with Gasteiger partial charge in [0.05, 0.1) is 12.1 Å². The number of rotatable bonds is 3. The highest BCUT2D eigenvalue weighted by Gasteiger charge is 2.30. The predicted octanol–water partition coefficient (Wildman–Crippen LogP) is 2.58. The van der Waals surface area contributed by atoms with Gasteiger partial charge in [-0.2, -0.15) is 13.2 Å². The lowest BCUT2D eigenvalue weighted by Crippen LogP contribution is -2.32. The molecule has 2 rings (SSSR count). The van der Waals surface area contributed by atoms with Crippen molar-refractivity contribution in [1.82, 2.24) is 9.88 Å². The third-order valence-electron chi connectivity index (χ3n) is 2.74. The quantitative estimate of drug-likeness (QED) is 0.946. The summed E-state index contributed by atoms with van der Waals surface area (Å²) >= 11 is 0. The number of nitrogens with one attached hydrogen (secondary N) is 1. The molecule has 0 unspecified atom stereocenters. The Balaban J connectivity index is 2.02. The molecule has 1 aromatic heterocycles. The maximum Gasteiger partial charge on any atom is 0.416 e. The second-order valence-electron chi connectivity index (χ2n) is 4.25. The van der Waals surface area contributed by atoms with E-state index in [2.05, 4.69) is 5.32 Å². The van der Waals surface area contributed by atoms with Gasteiger partial charge in [0.2, 0.25) is 5.91 Å². The third-order valence-corrected chi connectivity index (χ3v) is 2.74. The number of benzene rings is 1. The summed E-state index contributed by atoms with van der Waals surface area (Å²) in [5.41, 5.74) is -1.06. The molecule has 0 aliphatic heterocycles. The van der Waals surface area contributed by atoms with E-state index in [1.165, 1.54) is 23.0 Å². The molecular weight excluding hydrogens is 285 g/mol. The van der Waals surface area contributed by atoms with Crippen LogP contribution in [0.5, 0.6) is 0 Å². The average molecular weight is 296 g/mol. The minimum absolute atomic E-state index is 0.148. The number of hydrogen-bond acceptors (Lipinski definition) is 2. The first kappa shape index (κ1) is 14.8. The molecule has 0 saturated carbocycles. The molecule has 7 heteroatoms. The van der Waals surface area contributed by atoms with E-state index in [1.807, 2.05) is 0 Å². The fourth-order valence-corrected chi connectivity index (χ4v) is 1.69. The molecule has 1 N–H and O–H groups in total. The highest BCUT2D eigenvalue weighted by Crippen LogP contribution is 2.29.